The average molecular weight is 461 g/mol. The fourth-order valence-corrected chi connectivity index (χ4v) is 5.19. The summed E-state index contributed by atoms with van der Waals surface area (Å²) in [5, 5.41) is 22.9. The Kier molecular flexibility index (Phi) is 7.24. The van der Waals surface area contributed by atoms with Crippen molar-refractivity contribution in [1.82, 2.24) is 0 Å². The third-order valence-corrected chi connectivity index (χ3v) is 7.18. The number of aliphatic hydroxyl groups is 2. The summed E-state index contributed by atoms with van der Waals surface area (Å²) in [6, 6.07) is 8.36. The van der Waals surface area contributed by atoms with Crippen LogP contribution in [0.4, 0.5) is 0 Å². The van der Waals surface area contributed by atoms with Gasteiger partial charge < -0.3 is 24.1 Å². The first-order valence-corrected chi connectivity index (χ1v) is 11.6. The van der Waals surface area contributed by atoms with Crippen LogP contribution in [-0.4, -0.2) is 40.1 Å². The van der Waals surface area contributed by atoms with Gasteiger partial charge in [-0.15, -0.1) is 0 Å². The van der Waals surface area contributed by atoms with Crippen molar-refractivity contribution in [2.45, 2.75) is 84.0 Å². The molecular formula is C26H36O7. The van der Waals surface area contributed by atoms with E-state index in [1.807, 2.05) is 26.8 Å². The third kappa shape index (κ3) is 6.15. The molecule has 1 saturated carbocycles. The molecule has 1 aliphatic carbocycles. The van der Waals surface area contributed by atoms with E-state index in [4.69, 9.17) is 13.9 Å². The van der Waals surface area contributed by atoms with Crippen LogP contribution in [0.2, 0.25) is 0 Å². The van der Waals surface area contributed by atoms with Gasteiger partial charge in [-0.05, 0) is 63.6 Å². The van der Waals surface area contributed by atoms with E-state index >= 15 is 0 Å². The van der Waals surface area contributed by atoms with Gasteiger partial charge in [-0.1, -0.05) is 13.8 Å². The third-order valence-electron chi connectivity index (χ3n) is 7.18. The molecule has 2 aromatic rings. The summed E-state index contributed by atoms with van der Waals surface area (Å²) >= 11 is 0. The van der Waals surface area contributed by atoms with Crippen molar-refractivity contribution < 1.29 is 28.9 Å². The van der Waals surface area contributed by atoms with Gasteiger partial charge in [0.1, 0.15) is 17.4 Å². The number of carbonyl (C=O) groups excluding carboxylic acids is 1. The molecule has 3 rings (SSSR count). The van der Waals surface area contributed by atoms with Gasteiger partial charge >= 0.3 is 11.6 Å². The first-order chi connectivity index (χ1) is 15.3. The summed E-state index contributed by atoms with van der Waals surface area (Å²) in [4.78, 5) is 23.0. The van der Waals surface area contributed by atoms with Crippen LogP contribution in [0.3, 0.4) is 0 Å². The molecule has 1 aromatic carbocycles. The van der Waals surface area contributed by atoms with E-state index in [9.17, 15) is 19.8 Å². The van der Waals surface area contributed by atoms with Crippen LogP contribution in [0.5, 0.6) is 5.75 Å². The molecule has 0 aliphatic heterocycles. The maximum Gasteiger partial charge on any atom is 0.336 e. The Morgan fingerprint density at radius 2 is 1.91 bits per heavy atom. The first-order valence-electron chi connectivity index (χ1n) is 11.6. The minimum absolute atomic E-state index is 0.140. The number of ether oxygens (including phenoxy) is 2. The summed E-state index contributed by atoms with van der Waals surface area (Å²) in [6.07, 6.45) is 2.36. The van der Waals surface area contributed by atoms with Gasteiger partial charge in [0.25, 0.3) is 0 Å². The fourth-order valence-electron chi connectivity index (χ4n) is 5.19. The molecule has 182 valence electrons. The Labute approximate surface area is 194 Å². The minimum atomic E-state index is -0.996. The highest BCUT2D eigenvalue weighted by Gasteiger charge is 2.52. The van der Waals surface area contributed by atoms with E-state index < -0.39 is 22.2 Å². The number of hydrogen-bond donors (Lipinski definition) is 2. The van der Waals surface area contributed by atoms with Gasteiger partial charge in [-0.3, -0.25) is 4.79 Å². The number of benzene rings is 1. The monoisotopic (exact) mass is 460 g/mol. The van der Waals surface area contributed by atoms with Gasteiger partial charge in [-0.25, -0.2) is 4.79 Å². The predicted octanol–water partition coefficient (Wildman–Crippen LogP) is 4.21. The number of rotatable bonds is 8. The number of esters is 1. The van der Waals surface area contributed by atoms with Crippen LogP contribution < -0.4 is 10.4 Å². The molecule has 0 amide bonds. The van der Waals surface area contributed by atoms with Crippen molar-refractivity contribution in [1.29, 1.82) is 0 Å². The van der Waals surface area contributed by atoms with E-state index in [-0.39, 0.29) is 24.6 Å². The van der Waals surface area contributed by atoms with Crippen molar-refractivity contribution in [2.24, 2.45) is 11.3 Å². The summed E-state index contributed by atoms with van der Waals surface area (Å²) in [6.45, 7) is 9.34. The quantitative estimate of drug-likeness (QED) is 0.449. The van der Waals surface area contributed by atoms with Crippen LogP contribution in [0.15, 0.2) is 39.5 Å². The summed E-state index contributed by atoms with van der Waals surface area (Å²) in [5.41, 5.74) is -2.28. The zero-order valence-corrected chi connectivity index (χ0v) is 20.2. The molecule has 0 unspecified atom stereocenters. The van der Waals surface area contributed by atoms with Crippen LogP contribution in [0.1, 0.15) is 66.7 Å². The summed E-state index contributed by atoms with van der Waals surface area (Å²) in [7, 11) is 0. The van der Waals surface area contributed by atoms with Crippen LogP contribution >= 0.6 is 0 Å². The van der Waals surface area contributed by atoms with E-state index in [1.165, 1.54) is 13.0 Å². The van der Waals surface area contributed by atoms with Crippen LogP contribution in [0.25, 0.3) is 11.0 Å². The van der Waals surface area contributed by atoms with Gasteiger partial charge in [0, 0.05) is 36.3 Å². The highest BCUT2D eigenvalue weighted by atomic mass is 16.5. The Hall–Kier alpha value is -2.38. The van der Waals surface area contributed by atoms with Gasteiger partial charge in [0.05, 0.1) is 17.8 Å². The predicted molar refractivity (Wildman–Crippen MR) is 125 cm³/mol. The van der Waals surface area contributed by atoms with E-state index in [2.05, 4.69) is 0 Å². The van der Waals surface area contributed by atoms with E-state index in [1.54, 1.807) is 25.1 Å². The van der Waals surface area contributed by atoms with Crippen molar-refractivity contribution in [2.75, 3.05) is 6.61 Å². The molecule has 0 spiro atoms. The fraction of sp³-hybridized carbons (Fsp3) is 0.615. The Morgan fingerprint density at radius 1 is 1.21 bits per heavy atom. The summed E-state index contributed by atoms with van der Waals surface area (Å²) < 4.78 is 16.5. The molecular weight excluding hydrogens is 424 g/mol. The number of hydrogen-bond acceptors (Lipinski definition) is 7. The van der Waals surface area contributed by atoms with Gasteiger partial charge in [0.15, 0.2) is 0 Å². The van der Waals surface area contributed by atoms with Crippen molar-refractivity contribution in [3.8, 4) is 5.75 Å². The molecule has 0 saturated heterocycles. The van der Waals surface area contributed by atoms with Gasteiger partial charge in [-0.2, -0.15) is 0 Å². The maximum absolute atomic E-state index is 11.5. The second-order valence-electron chi connectivity index (χ2n) is 10.5. The molecule has 7 nitrogen and oxygen atoms in total. The van der Waals surface area contributed by atoms with Gasteiger partial charge in [0.2, 0.25) is 0 Å². The Bertz CT molecular complexity index is 1030. The lowest BCUT2D eigenvalue weighted by Gasteiger charge is -2.52. The topological polar surface area (TPSA) is 106 Å². The highest BCUT2D eigenvalue weighted by Crippen LogP contribution is 2.50. The average Bonchev–Trinajstić information content (AvgIpc) is 2.69. The highest BCUT2D eigenvalue weighted by molar-refractivity contribution is 5.77. The zero-order valence-electron chi connectivity index (χ0n) is 20.2. The molecule has 7 heteroatoms. The molecule has 4 atom stereocenters. The Balaban J connectivity index is 1.59. The van der Waals surface area contributed by atoms with E-state index in [0.717, 1.165) is 5.39 Å². The normalized spacial score (nSPS) is 26.5. The number of fused-ring (bicyclic) bond motifs is 1. The molecule has 1 aliphatic rings. The molecule has 0 bridgehead atoms. The zero-order chi connectivity index (χ0) is 24.4. The lowest BCUT2D eigenvalue weighted by atomic mass is 9.58. The SMILES string of the molecule is CC(=O)O[C@@H]1CC[C@](C)(O)[C@@H](CC[C@@](C)(O)CCOc2ccc3ccc(=O)oc3c2)C1(C)C. The lowest BCUT2D eigenvalue weighted by Crippen LogP contribution is -2.55. The second kappa shape index (κ2) is 9.47. The maximum atomic E-state index is 11.5. The van der Waals surface area contributed by atoms with Crippen molar-refractivity contribution in [3.63, 3.8) is 0 Å². The van der Waals surface area contributed by atoms with Crippen molar-refractivity contribution >= 4 is 16.9 Å². The van der Waals surface area contributed by atoms with Crippen LogP contribution in [-0.2, 0) is 9.53 Å². The first kappa shape index (κ1) is 25.2. The lowest BCUT2D eigenvalue weighted by molar-refractivity contribution is -0.182. The molecule has 1 aromatic heterocycles. The van der Waals surface area contributed by atoms with E-state index in [0.29, 0.717) is 43.4 Å². The molecule has 1 fully saturated rings. The molecule has 2 N–H and O–H groups in total. The largest absolute Gasteiger partial charge is 0.493 e. The Morgan fingerprint density at radius 3 is 2.61 bits per heavy atom. The molecule has 33 heavy (non-hydrogen) atoms. The number of carbonyl (C=O) groups is 1. The van der Waals surface area contributed by atoms with Crippen LogP contribution in [0, 0.1) is 11.3 Å². The standard InChI is InChI=1S/C26H36O7/c1-17(27)32-22-11-13-26(5,30)21(24(22,2)3)10-12-25(4,29)14-15-31-19-8-6-18-7-9-23(28)33-20(18)16-19/h6-9,16,21-22,29-30H,10-15H2,1-5H3/t21-,22+,25+,26-/m0/s1. The molecule has 1 heterocycles. The summed E-state index contributed by atoms with van der Waals surface area (Å²) in [5.74, 6) is 0.109. The van der Waals surface area contributed by atoms with Crippen molar-refractivity contribution in [3.05, 3.63) is 40.8 Å². The smallest absolute Gasteiger partial charge is 0.336 e. The second-order valence-corrected chi connectivity index (χ2v) is 10.5. The molecule has 0 radical (unpaired) electrons. The minimum Gasteiger partial charge on any atom is -0.493 e.